The number of hydrogen-bond acceptors (Lipinski definition) is 5. The number of unbranched alkanes of at least 4 members (excludes halogenated alkanes) is 3. The Morgan fingerprint density at radius 2 is 1.91 bits per heavy atom. The van der Waals surface area contributed by atoms with E-state index in [-0.39, 0.29) is 11.9 Å². The molecule has 1 amide bonds. The van der Waals surface area contributed by atoms with E-state index in [0.717, 1.165) is 52.8 Å². The summed E-state index contributed by atoms with van der Waals surface area (Å²) in [4.78, 5) is 17.7. The zero-order valence-electron chi connectivity index (χ0n) is 20.6. The number of carbonyl (C=O) groups excluding carboxylic acids is 1. The molecule has 0 saturated heterocycles. The molecule has 184 valence electrons. The molecular weight excluding hydrogens is 462 g/mol. The zero-order chi connectivity index (χ0) is 24.8. The number of halogens is 1. The SMILES string of the molecule is CCCCCCNC(=O)CCC1N=C(c2ccc(Cl)cc2)c2cc(OC)ccc2-n2c(C)nnc21. The Kier molecular flexibility index (Phi) is 8.18. The first-order valence-electron chi connectivity index (χ1n) is 12.2. The molecule has 0 aliphatic carbocycles. The van der Waals surface area contributed by atoms with Crippen molar-refractivity contribution in [2.45, 2.75) is 58.4 Å². The second-order valence-corrected chi connectivity index (χ2v) is 9.21. The standard InChI is InChI=1S/C27H32ClN5O2/c1-4-5-6-7-16-29-25(34)15-13-23-27-32-31-18(2)33(27)24-14-12-21(35-3)17-22(24)26(30-23)19-8-10-20(28)11-9-19/h8-12,14,17,23H,4-7,13,15-16H2,1-3H3,(H,29,34). The lowest BCUT2D eigenvalue weighted by Gasteiger charge is -2.14. The lowest BCUT2D eigenvalue weighted by molar-refractivity contribution is -0.121. The molecule has 1 aliphatic rings. The molecule has 0 saturated carbocycles. The van der Waals surface area contributed by atoms with Gasteiger partial charge in [-0.2, -0.15) is 0 Å². The smallest absolute Gasteiger partial charge is 0.220 e. The second kappa shape index (κ2) is 11.5. The van der Waals surface area contributed by atoms with Crippen molar-refractivity contribution in [1.82, 2.24) is 20.1 Å². The van der Waals surface area contributed by atoms with Crippen LogP contribution < -0.4 is 10.1 Å². The van der Waals surface area contributed by atoms with Crippen LogP contribution in [0.25, 0.3) is 5.69 Å². The van der Waals surface area contributed by atoms with Crippen molar-refractivity contribution >= 4 is 23.2 Å². The molecule has 0 fully saturated rings. The van der Waals surface area contributed by atoms with Gasteiger partial charge in [-0.1, -0.05) is 49.9 Å². The van der Waals surface area contributed by atoms with Crippen molar-refractivity contribution in [3.05, 3.63) is 70.3 Å². The molecule has 8 heteroatoms. The molecule has 0 radical (unpaired) electrons. The van der Waals surface area contributed by atoms with Gasteiger partial charge in [-0.25, -0.2) is 0 Å². The first kappa shape index (κ1) is 24.9. The Balaban J connectivity index is 1.67. The average Bonchev–Trinajstić information content (AvgIpc) is 3.18. The average molecular weight is 494 g/mol. The highest BCUT2D eigenvalue weighted by molar-refractivity contribution is 6.30. The topological polar surface area (TPSA) is 81.4 Å². The van der Waals surface area contributed by atoms with E-state index in [1.165, 1.54) is 12.8 Å². The molecule has 0 bridgehead atoms. The van der Waals surface area contributed by atoms with Gasteiger partial charge in [0.15, 0.2) is 5.82 Å². The van der Waals surface area contributed by atoms with E-state index in [9.17, 15) is 4.79 Å². The fourth-order valence-electron chi connectivity index (χ4n) is 4.37. The van der Waals surface area contributed by atoms with Gasteiger partial charge in [0.25, 0.3) is 0 Å². The van der Waals surface area contributed by atoms with E-state index >= 15 is 0 Å². The Labute approximate surface area is 211 Å². The van der Waals surface area contributed by atoms with Crippen molar-refractivity contribution in [3.63, 3.8) is 0 Å². The minimum Gasteiger partial charge on any atom is -0.497 e. The fourth-order valence-corrected chi connectivity index (χ4v) is 4.50. The van der Waals surface area contributed by atoms with Gasteiger partial charge in [0, 0.05) is 29.1 Å². The number of benzene rings is 2. The predicted molar refractivity (Wildman–Crippen MR) is 139 cm³/mol. The number of nitrogens with zero attached hydrogens (tertiary/aromatic N) is 4. The first-order valence-corrected chi connectivity index (χ1v) is 12.6. The van der Waals surface area contributed by atoms with Crippen molar-refractivity contribution in [2.24, 2.45) is 4.99 Å². The van der Waals surface area contributed by atoms with Crippen molar-refractivity contribution in [1.29, 1.82) is 0 Å². The van der Waals surface area contributed by atoms with Crippen LogP contribution in [0.2, 0.25) is 5.02 Å². The molecular formula is C27H32ClN5O2. The molecule has 4 rings (SSSR count). The lowest BCUT2D eigenvalue weighted by Crippen LogP contribution is -2.24. The molecule has 0 spiro atoms. The summed E-state index contributed by atoms with van der Waals surface area (Å²) in [6.07, 6.45) is 5.41. The van der Waals surface area contributed by atoms with Gasteiger partial charge in [-0.05, 0) is 50.1 Å². The molecule has 1 N–H and O–H groups in total. The number of rotatable bonds is 10. The van der Waals surface area contributed by atoms with Crippen molar-refractivity contribution in [2.75, 3.05) is 13.7 Å². The number of hydrogen-bond donors (Lipinski definition) is 1. The second-order valence-electron chi connectivity index (χ2n) is 8.77. The number of fused-ring (bicyclic) bond motifs is 3. The molecule has 2 aromatic carbocycles. The van der Waals surface area contributed by atoms with Crippen LogP contribution in [0.4, 0.5) is 0 Å². The van der Waals surface area contributed by atoms with Crippen LogP contribution in [-0.2, 0) is 4.79 Å². The molecule has 1 aromatic heterocycles. The molecule has 1 aliphatic heterocycles. The van der Waals surface area contributed by atoms with Gasteiger partial charge in [-0.15, -0.1) is 10.2 Å². The minimum atomic E-state index is -0.328. The Morgan fingerprint density at radius 1 is 1.11 bits per heavy atom. The molecule has 3 aromatic rings. The number of aryl methyl sites for hydroxylation is 1. The van der Waals surface area contributed by atoms with Gasteiger partial charge in [0.2, 0.25) is 5.91 Å². The Hall–Kier alpha value is -3.19. The summed E-state index contributed by atoms with van der Waals surface area (Å²) >= 11 is 6.16. The van der Waals surface area contributed by atoms with E-state index in [0.29, 0.717) is 24.4 Å². The molecule has 7 nitrogen and oxygen atoms in total. The molecule has 1 atom stereocenters. The van der Waals surface area contributed by atoms with E-state index < -0.39 is 0 Å². The highest BCUT2D eigenvalue weighted by atomic mass is 35.5. The quantitative estimate of drug-likeness (QED) is 0.372. The number of amides is 1. The minimum absolute atomic E-state index is 0.0379. The highest BCUT2D eigenvalue weighted by Gasteiger charge is 2.28. The highest BCUT2D eigenvalue weighted by Crippen LogP contribution is 2.34. The number of carbonyl (C=O) groups is 1. The van der Waals surface area contributed by atoms with Crippen LogP contribution in [-0.4, -0.2) is 40.0 Å². The summed E-state index contributed by atoms with van der Waals surface area (Å²) in [6, 6.07) is 13.2. The van der Waals surface area contributed by atoms with Crippen molar-refractivity contribution < 1.29 is 9.53 Å². The van der Waals surface area contributed by atoms with Gasteiger partial charge >= 0.3 is 0 Å². The van der Waals surface area contributed by atoms with E-state index in [1.54, 1.807) is 7.11 Å². The predicted octanol–water partition coefficient (Wildman–Crippen LogP) is 5.61. The van der Waals surface area contributed by atoms with E-state index in [4.69, 9.17) is 21.3 Å². The van der Waals surface area contributed by atoms with E-state index in [2.05, 4.69) is 22.4 Å². The van der Waals surface area contributed by atoms with Crippen LogP contribution in [0, 0.1) is 6.92 Å². The zero-order valence-corrected chi connectivity index (χ0v) is 21.3. The van der Waals surface area contributed by atoms with Gasteiger partial charge in [0.1, 0.15) is 17.6 Å². The monoisotopic (exact) mass is 493 g/mol. The summed E-state index contributed by atoms with van der Waals surface area (Å²) in [7, 11) is 1.65. The van der Waals surface area contributed by atoms with Crippen LogP contribution in [0.3, 0.4) is 0 Å². The Morgan fingerprint density at radius 3 is 2.66 bits per heavy atom. The number of aliphatic imine (C=N–C) groups is 1. The van der Waals surface area contributed by atoms with Gasteiger partial charge in [0.05, 0.1) is 18.5 Å². The number of nitrogens with one attached hydrogen (secondary N) is 1. The first-order chi connectivity index (χ1) is 17.0. The van der Waals surface area contributed by atoms with Crippen molar-refractivity contribution in [3.8, 4) is 11.4 Å². The fraction of sp³-hybridized carbons (Fsp3) is 0.407. The third kappa shape index (κ3) is 5.73. The maximum atomic E-state index is 12.6. The van der Waals surface area contributed by atoms with E-state index in [1.807, 2.05) is 54.0 Å². The maximum absolute atomic E-state index is 12.6. The normalized spacial score (nSPS) is 14.5. The summed E-state index contributed by atoms with van der Waals surface area (Å²) in [5, 5.41) is 12.5. The van der Waals surface area contributed by atoms with Gasteiger partial charge in [-0.3, -0.25) is 14.4 Å². The van der Waals surface area contributed by atoms with Crippen LogP contribution >= 0.6 is 11.6 Å². The number of aromatic nitrogens is 3. The number of ether oxygens (including phenoxy) is 1. The molecule has 1 unspecified atom stereocenters. The van der Waals surface area contributed by atoms with Crippen LogP contribution in [0.15, 0.2) is 47.5 Å². The summed E-state index contributed by atoms with van der Waals surface area (Å²) in [6.45, 7) is 4.82. The summed E-state index contributed by atoms with van der Waals surface area (Å²) < 4.78 is 7.56. The lowest BCUT2D eigenvalue weighted by atomic mass is 10.00. The summed E-state index contributed by atoms with van der Waals surface area (Å²) in [5.41, 5.74) is 3.59. The van der Waals surface area contributed by atoms with Crippen LogP contribution in [0.1, 0.15) is 74.3 Å². The van der Waals surface area contributed by atoms with Gasteiger partial charge < -0.3 is 10.1 Å². The number of methoxy groups -OCH3 is 1. The molecule has 2 heterocycles. The van der Waals surface area contributed by atoms with Crippen LogP contribution in [0.5, 0.6) is 5.75 Å². The largest absolute Gasteiger partial charge is 0.497 e. The maximum Gasteiger partial charge on any atom is 0.220 e. The molecule has 35 heavy (non-hydrogen) atoms. The third-order valence-electron chi connectivity index (χ3n) is 6.25. The summed E-state index contributed by atoms with van der Waals surface area (Å²) in [5.74, 6) is 2.27. The third-order valence-corrected chi connectivity index (χ3v) is 6.50. The Bertz CT molecular complexity index is 1200.